The van der Waals surface area contributed by atoms with E-state index in [1.807, 2.05) is 12.1 Å². The fourth-order valence-electron chi connectivity index (χ4n) is 4.92. The van der Waals surface area contributed by atoms with E-state index in [1.165, 1.54) is 17.5 Å². The van der Waals surface area contributed by atoms with E-state index < -0.39 is 0 Å². The summed E-state index contributed by atoms with van der Waals surface area (Å²) in [6.45, 7) is 7.53. The van der Waals surface area contributed by atoms with Crippen molar-refractivity contribution in [3.8, 4) is 0 Å². The fraction of sp³-hybridized carbons (Fsp3) is 0.429. The lowest BCUT2D eigenvalue weighted by atomic mass is 9.89. The minimum Gasteiger partial charge on any atom is -0.365 e. The number of aryl methyl sites for hydroxylation is 1. The first-order valence-electron chi connectivity index (χ1n) is 12.7. The normalized spacial score (nSPS) is 19.4. The number of amides is 1. The summed E-state index contributed by atoms with van der Waals surface area (Å²) in [6.07, 6.45) is 4.42. The van der Waals surface area contributed by atoms with Crippen molar-refractivity contribution in [2.75, 3.05) is 11.9 Å². The zero-order valence-corrected chi connectivity index (χ0v) is 20.8. The van der Waals surface area contributed by atoms with Gasteiger partial charge in [0.25, 0.3) is 5.91 Å². The number of carbonyl (C=O) groups is 1. The maximum Gasteiger partial charge on any atom is 0.289 e. The van der Waals surface area contributed by atoms with Gasteiger partial charge in [0.1, 0.15) is 11.7 Å². The van der Waals surface area contributed by atoms with Gasteiger partial charge in [-0.25, -0.2) is 9.97 Å². The third kappa shape index (κ3) is 5.14. The zero-order chi connectivity index (χ0) is 24.4. The van der Waals surface area contributed by atoms with E-state index in [2.05, 4.69) is 72.0 Å². The molecule has 0 unspecified atom stereocenters. The number of benzene rings is 2. The fourth-order valence-corrected chi connectivity index (χ4v) is 4.92. The highest BCUT2D eigenvalue weighted by molar-refractivity contribution is 6.02. The van der Waals surface area contributed by atoms with Gasteiger partial charge < -0.3 is 16.0 Å². The van der Waals surface area contributed by atoms with Gasteiger partial charge in [-0.15, -0.1) is 0 Å². The van der Waals surface area contributed by atoms with Gasteiger partial charge in [-0.2, -0.15) is 0 Å². The van der Waals surface area contributed by atoms with E-state index in [0.717, 1.165) is 53.9 Å². The predicted octanol–water partition coefficient (Wildman–Crippen LogP) is 4.60. The molecule has 182 valence electrons. The Hall–Kier alpha value is -3.48. The summed E-state index contributed by atoms with van der Waals surface area (Å²) in [5, 5.41) is 11.3. The molecule has 0 spiro atoms. The van der Waals surface area contributed by atoms with Crippen LogP contribution in [-0.2, 0) is 6.54 Å². The molecular weight excluding hydrogens is 436 g/mol. The Balaban J connectivity index is 1.42. The predicted molar refractivity (Wildman–Crippen MR) is 141 cm³/mol. The Morgan fingerprint density at radius 2 is 1.80 bits per heavy atom. The van der Waals surface area contributed by atoms with Crippen LogP contribution in [0.2, 0.25) is 0 Å². The van der Waals surface area contributed by atoms with Crippen molar-refractivity contribution >= 4 is 28.5 Å². The van der Waals surface area contributed by atoms with Crippen LogP contribution in [0.1, 0.15) is 66.8 Å². The molecule has 0 bridgehead atoms. The third-order valence-electron chi connectivity index (χ3n) is 6.82. The lowest BCUT2D eigenvalue weighted by molar-refractivity contribution is 0.0939. The number of anilines is 1. The Morgan fingerprint density at radius 3 is 2.60 bits per heavy atom. The highest BCUT2D eigenvalue weighted by Crippen LogP contribution is 2.28. The largest absolute Gasteiger partial charge is 0.365 e. The van der Waals surface area contributed by atoms with Gasteiger partial charge in [-0.05, 0) is 43.4 Å². The van der Waals surface area contributed by atoms with Crippen LogP contribution in [0.5, 0.6) is 0 Å². The molecular formula is C28H34N6O. The first-order valence-corrected chi connectivity index (χ1v) is 12.7. The second-order valence-electron chi connectivity index (χ2n) is 10.1. The van der Waals surface area contributed by atoms with Gasteiger partial charge in [0.2, 0.25) is 5.82 Å². The zero-order valence-electron chi connectivity index (χ0n) is 20.8. The first kappa shape index (κ1) is 23.3. The van der Waals surface area contributed by atoms with Crippen molar-refractivity contribution in [1.82, 2.24) is 20.6 Å². The summed E-state index contributed by atoms with van der Waals surface area (Å²) in [6, 6.07) is 14.9. The molecule has 35 heavy (non-hydrogen) atoms. The Labute approximate surface area is 206 Å². The van der Waals surface area contributed by atoms with Crippen LogP contribution in [0, 0.1) is 12.8 Å². The molecule has 3 aromatic rings. The standard InChI is InChI=1S/C28H34N6O/c1-17(2)15-30-28(35)27-31-22-13-12-18(3)14-21(22)26(34-27)33-24-11-7-6-10-23(24)32-25-20-9-5-4-8-19(20)16-29-25/h4-5,8-9,12-14,17,23-24H,6-7,10-11,15-16H2,1-3H3,(H,29,32)(H,30,35)(H,31,33,34)/t23-,24+/m1/s1. The number of fused-ring (bicyclic) bond motifs is 2. The molecule has 2 aromatic carbocycles. The van der Waals surface area contributed by atoms with E-state index in [0.29, 0.717) is 12.5 Å². The van der Waals surface area contributed by atoms with Gasteiger partial charge in [-0.1, -0.05) is 62.6 Å². The minimum atomic E-state index is -0.237. The molecule has 7 nitrogen and oxygen atoms in total. The molecule has 1 amide bonds. The maximum atomic E-state index is 12.8. The number of nitrogens with one attached hydrogen (secondary N) is 3. The van der Waals surface area contributed by atoms with Gasteiger partial charge in [0.15, 0.2) is 0 Å². The van der Waals surface area contributed by atoms with Crippen LogP contribution < -0.4 is 16.0 Å². The van der Waals surface area contributed by atoms with Crippen LogP contribution in [0.15, 0.2) is 47.5 Å². The SMILES string of the molecule is Cc1ccc2nc(C(=O)NCC(C)C)nc(N[C@H]3CCCC[C@H]3NC3=NCc4ccccc43)c2c1. The van der Waals surface area contributed by atoms with E-state index in [1.54, 1.807) is 0 Å². The van der Waals surface area contributed by atoms with Crippen LogP contribution >= 0.6 is 0 Å². The molecule has 1 aromatic heterocycles. The Kier molecular flexibility index (Phi) is 6.66. The second-order valence-corrected chi connectivity index (χ2v) is 10.1. The van der Waals surface area contributed by atoms with Crippen molar-refractivity contribution in [2.24, 2.45) is 10.9 Å². The molecule has 7 heteroatoms. The molecule has 1 aliphatic heterocycles. The topological polar surface area (TPSA) is 91.3 Å². The van der Waals surface area contributed by atoms with Crippen molar-refractivity contribution in [1.29, 1.82) is 0 Å². The highest BCUT2D eigenvalue weighted by atomic mass is 16.2. The van der Waals surface area contributed by atoms with Crippen molar-refractivity contribution in [3.63, 3.8) is 0 Å². The van der Waals surface area contributed by atoms with Crippen LogP contribution in [0.25, 0.3) is 10.9 Å². The summed E-state index contributed by atoms with van der Waals surface area (Å²) >= 11 is 0. The smallest absolute Gasteiger partial charge is 0.289 e. The summed E-state index contributed by atoms with van der Waals surface area (Å²) < 4.78 is 0. The van der Waals surface area contributed by atoms with Crippen molar-refractivity contribution < 1.29 is 4.79 Å². The van der Waals surface area contributed by atoms with E-state index in [-0.39, 0.29) is 23.8 Å². The van der Waals surface area contributed by atoms with Crippen molar-refractivity contribution in [3.05, 3.63) is 65.0 Å². The Morgan fingerprint density at radius 1 is 1.03 bits per heavy atom. The quantitative estimate of drug-likeness (QED) is 0.490. The van der Waals surface area contributed by atoms with Gasteiger partial charge in [0, 0.05) is 29.6 Å². The van der Waals surface area contributed by atoms with Crippen LogP contribution in [0.4, 0.5) is 5.82 Å². The monoisotopic (exact) mass is 470 g/mol. The first-order chi connectivity index (χ1) is 17.0. The van der Waals surface area contributed by atoms with E-state index in [9.17, 15) is 4.79 Å². The summed E-state index contributed by atoms with van der Waals surface area (Å²) in [7, 11) is 0. The van der Waals surface area contributed by atoms with Gasteiger partial charge in [0.05, 0.1) is 12.1 Å². The molecule has 3 N–H and O–H groups in total. The van der Waals surface area contributed by atoms with E-state index >= 15 is 0 Å². The molecule has 1 fully saturated rings. The lowest BCUT2D eigenvalue weighted by Crippen LogP contribution is -2.48. The van der Waals surface area contributed by atoms with Crippen LogP contribution in [0.3, 0.4) is 0 Å². The maximum absolute atomic E-state index is 12.8. The number of aliphatic imine (C=N–C) groups is 1. The molecule has 2 heterocycles. The summed E-state index contributed by atoms with van der Waals surface area (Å²) in [5.41, 5.74) is 4.38. The summed E-state index contributed by atoms with van der Waals surface area (Å²) in [4.78, 5) is 26.9. The van der Waals surface area contributed by atoms with Gasteiger partial charge in [-0.3, -0.25) is 9.79 Å². The number of nitrogens with zero attached hydrogens (tertiary/aromatic N) is 3. The molecule has 5 rings (SSSR count). The molecule has 2 atom stereocenters. The lowest BCUT2D eigenvalue weighted by Gasteiger charge is -2.34. The number of carbonyl (C=O) groups excluding carboxylic acids is 1. The number of hydrogen-bond donors (Lipinski definition) is 3. The molecule has 2 aliphatic rings. The number of rotatable bonds is 6. The Bertz CT molecular complexity index is 1270. The third-order valence-corrected chi connectivity index (χ3v) is 6.82. The average molecular weight is 471 g/mol. The molecule has 1 aliphatic carbocycles. The average Bonchev–Trinajstić information content (AvgIpc) is 3.26. The van der Waals surface area contributed by atoms with E-state index in [4.69, 9.17) is 9.98 Å². The number of hydrogen-bond acceptors (Lipinski definition) is 6. The van der Waals surface area contributed by atoms with Gasteiger partial charge >= 0.3 is 0 Å². The summed E-state index contributed by atoms with van der Waals surface area (Å²) in [5.74, 6) is 2.04. The number of amidine groups is 1. The molecule has 1 saturated carbocycles. The van der Waals surface area contributed by atoms with Crippen molar-refractivity contribution in [2.45, 2.75) is 65.1 Å². The van der Waals surface area contributed by atoms with Crippen LogP contribution in [-0.4, -0.2) is 40.3 Å². The molecule has 0 radical (unpaired) electrons. The molecule has 0 saturated heterocycles. The minimum absolute atomic E-state index is 0.171. The highest BCUT2D eigenvalue weighted by Gasteiger charge is 2.29. The number of aromatic nitrogens is 2. The second kappa shape index (κ2) is 10.0.